The molecule has 4 aliphatic rings. The van der Waals surface area contributed by atoms with Crippen molar-refractivity contribution in [2.24, 2.45) is 10.8 Å². The molecule has 0 unspecified atom stereocenters. The summed E-state index contributed by atoms with van der Waals surface area (Å²) in [5, 5.41) is 10.5. The molecular weight excluding hydrogens is 374 g/mol. The summed E-state index contributed by atoms with van der Waals surface area (Å²) in [6, 6.07) is 0. The highest BCUT2D eigenvalue weighted by atomic mass is 35.5. The van der Waals surface area contributed by atoms with Gasteiger partial charge < -0.3 is 19.3 Å². The first-order chi connectivity index (χ1) is 12.8. The Labute approximate surface area is 162 Å². The molecule has 1 aliphatic heterocycles. The Balaban J connectivity index is 2.04. The van der Waals surface area contributed by atoms with Gasteiger partial charge in [-0.1, -0.05) is 0 Å². The Morgan fingerprint density at radius 2 is 1.93 bits per heavy atom. The number of hydrogen-bond donors (Lipinski definition) is 1. The molecular formula is C19H24ClNO6. The van der Waals surface area contributed by atoms with Crippen molar-refractivity contribution in [3.05, 3.63) is 23.4 Å². The fourth-order valence-electron chi connectivity index (χ4n) is 6.42. The first-order valence-corrected chi connectivity index (χ1v) is 9.41. The van der Waals surface area contributed by atoms with Crippen molar-refractivity contribution in [2.75, 3.05) is 34.9 Å². The van der Waals surface area contributed by atoms with E-state index in [9.17, 15) is 14.7 Å². The third-order valence-electron chi connectivity index (χ3n) is 7.40. The molecule has 0 radical (unpaired) electrons. The maximum atomic E-state index is 13.3. The van der Waals surface area contributed by atoms with Crippen LogP contribution >= 0.6 is 11.6 Å². The van der Waals surface area contributed by atoms with E-state index in [1.807, 2.05) is 7.05 Å². The van der Waals surface area contributed by atoms with Crippen LogP contribution in [-0.2, 0) is 23.8 Å². The van der Waals surface area contributed by atoms with Gasteiger partial charge in [-0.15, -0.1) is 11.6 Å². The van der Waals surface area contributed by atoms with Gasteiger partial charge in [0.05, 0.1) is 37.7 Å². The fraction of sp³-hybridized carbons (Fsp3) is 0.684. The van der Waals surface area contributed by atoms with Crippen LogP contribution in [0.2, 0.25) is 0 Å². The minimum atomic E-state index is -1.34. The van der Waals surface area contributed by atoms with Crippen molar-refractivity contribution < 1.29 is 28.9 Å². The SMILES string of the molecule is COC1=CC(=O)[C@]2([C@@H]1O)[C@@H](Cl)C[C@@]13C(OC)=C(OC)C(=O)C[C@@]21CCN3C. The topological polar surface area (TPSA) is 85.3 Å². The zero-order chi connectivity index (χ0) is 19.8. The smallest absolute Gasteiger partial charge is 0.201 e. The fourth-order valence-corrected chi connectivity index (χ4v) is 7.08. The molecule has 0 aromatic carbocycles. The van der Waals surface area contributed by atoms with Gasteiger partial charge in [0.1, 0.15) is 11.9 Å². The predicted molar refractivity (Wildman–Crippen MR) is 95.9 cm³/mol. The first-order valence-electron chi connectivity index (χ1n) is 8.97. The number of nitrogens with zero attached hydrogens (tertiary/aromatic N) is 1. The molecule has 0 amide bonds. The molecule has 148 valence electrons. The lowest BCUT2D eigenvalue weighted by molar-refractivity contribution is -0.148. The van der Waals surface area contributed by atoms with E-state index in [0.29, 0.717) is 25.1 Å². The Bertz CT molecular complexity index is 793. The number of likely N-dealkylation sites (N-methyl/N-ethyl adjacent to an activating group) is 1. The number of hydrogen-bond acceptors (Lipinski definition) is 7. The second kappa shape index (κ2) is 5.72. The number of ether oxygens (including phenoxy) is 3. The number of methoxy groups -OCH3 is 3. The lowest BCUT2D eigenvalue weighted by Gasteiger charge is -2.53. The molecule has 0 bridgehead atoms. The molecule has 27 heavy (non-hydrogen) atoms. The lowest BCUT2D eigenvalue weighted by atomic mass is 9.52. The summed E-state index contributed by atoms with van der Waals surface area (Å²) in [4.78, 5) is 28.4. The Hall–Kier alpha value is -1.57. The molecule has 0 aromatic rings. The highest BCUT2D eigenvalue weighted by Crippen LogP contribution is 2.74. The van der Waals surface area contributed by atoms with Crippen molar-refractivity contribution >= 4 is 23.2 Å². The van der Waals surface area contributed by atoms with Crippen LogP contribution in [0.1, 0.15) is 19.3 Å². The number of Topliss-reactive ketones (excluding diaryl/α,β-unsaturated/α-hetero) is 1. The summed E-state index contributed by atoms with van der Waals surface area (Å²) in [6.07, 6.45) is 1.08. The number of alkyl halides is 1. The second-order valence-corrected chi connectivity index (χ2v) is 8.37. The monoisotopic (exact) mass is 397 g/mol. The number of ketones is 2. The van der Waals surface area contributed by atoms with E-state index in [4.69, 9.17) is 25.8 Å². The minimum Gasteiger partial charge on any atom is -0.498 e. The summed E-state index contributed by atoms with van der Waals surface area (Å²) >= 11 is 6.85. The number of rotatable bonds is 3. The molecule has 1 heterocycles. The molecule has 1 spiro atoms. The number of carbonyl (C=O) groups excluding carboxylic acids is 2. The number of likely N-dealkylation sites (tertiary alicyclic amines) is 1. The average molecular weight is 398 g/mol. The largest absolute Gasteiger partial charge is 0.498 e. The van der Waals surface area contributed by atoms with Gasteiger partial charge in [0.15, 0.2) is 11.5 Å². The minimum absolute atomic E-state index is 0.0597. The number of allylic oxidation sites excluding steroid dienone is 2. The van der Waals surface area contributed by atoms with Crippen molar-refractivity contribution in [3.63, 3.8) is 0 Å². The van der Waals surface area contributed by atoms with Crippen molar-refractivity contribution in [1.82, 2.24) is 4.90 Å². The number of halogens is 1. The van der Waals surface area contributed by atoms with E-state index in [2.05, 4.69) is 4.90 Å². The summed E-state index contributed by atoms with van der Waals surface area (Å²) in [5.74, 6) is 0.236. The summed E-state index contributed by atoms with van der Waals surface area (Å²) in [5.41, 5.74) is -3.05. The molecule has 7 nitrogen and oxygen atoms in total. The van der Waals surface area contributed by atoms with Crippen LogP contribution in [0.3, 0.4) is 0 Å². The highest BCUT2D eigenvalue weighted by Gasteiger charge is 2.83. The standard InChI is InChI=1S/C19H24ClNO6/c1-21-6-5-17-8-10(22)14(26-3)16(27-4)18(17,21)9-12(20)19(17)13(23)7-11(25-2)15(19)24/h7,12,15,24H,5-6,8-9H2,1-4H3/t12-,15+,17+,18+,19-/m0/s1. The Kier molecular flexibility index (Phi) is 3.98. The summed E-state index contributed by atoms with van der Waals surface area (Å²) < 4.78 is 16.4. The third kappa shape index (κ3) is 1.72. The quantitative estimate of drug-likeness (QED) is 0.711. The Morgan fingerprint density at radius 3 is 2.48 bits per heavy atom. The van der Waals surface area contributed by atoms with E-state index in [1.54, 1.807) is 0 Å². The number of carbonyl (C=O) groups is 2. The molecule has 8 heteroatoms. The third-order valence-corrected chi connectivity index (χ3v) is 7.90. The van der Waals surface area contributed by atoms with Gasteiger partial charge in [0.2, 0.25) is 11.5 Å². The van der Waals surface area contributed by atoms with Gasteiger partial charge in [0, 0.05) is 17.9 Å². The van der Waals surface area contributed by atoms with Crippen LogP contribution < -0.4 is 0 Å². The maximum absolute atomic E-state index is 13.3. The zero-order valence-corrected chi connectivity index (χ0v) is 16.6. The molecule has 2 fully saturated rings. The molecule has 1 saturated heterocycles. The Morgan fingerprint density at radius 1 is 1.22 bits per heavy atom. The normalized spacial score (nSPS) is 43.9. The zero-order valence-electron chi connectivity index (χ0n) is 15.9. The van der Waals surface area contributed by atoms with E-state index in [-0.39, 0.29) is 29.5 Å². The first kappa shape index (κ1) is 18.8. The van der Waals surface area contributed by atoms with E-state index < -0.39 is 27.8 Å². The predicted octanol–water partition coefficient (Wildman–Crippen LogP) is 0.996. The molecule has 0 aromatic heterocycles. The van der Waals surface area contributed by atoms with Gasteiger partial charge >= 0.3 is 0 Å². The van der Waals surface area contributed by atoms with Crippen molar-refractivity contribution in [3.8, 4) is 0 Å². The molecule has 3 aliphatic carbocycles. The van der Waals surface area contributed by atoms with Crippen LogP contribution in [0, 0.1) is 10.8 Å². The number of aliphatic hydroxyl groups is 1. The van der Waals surface area contributed by atoms with Crippen LogP contribution in [0.15, 0.2) is 23.4 Å². The van der Waals surface area contributed by atoms with Crippen molar-refractivity contribution in [1.29, 1.82) is 0 Å². The summed E-state index contributed by atoms with van der Waals surface area (Å²) in [6.45, 7) is 0.644. The molecule has 1 saturated carbocycles. The van der Waals surface area contributed by atoms with Crippen LogP contribution in [0.5, 0.6) is 0 Å². The molecule has 5 atom stereocenters. The number of aliphatic hydroxyl groups excluding tert-OH is 1. The highest BCUT2D eigenvalue weighted by molar-refractivity contribution is 6.25. The van der Waals surface area contributed by atoms with Crippen LogP contribution in [0.25, 0.3) is 0 Å². The summed E-state index contributed by atoms with van der Waals surface area (Å²) in [7, 11) is 6.29. The van der Waals surface area contributed by atoms with Gasteiger partial charge in [0.25, 0.3) is 0 Å². The average Bonchev–Trinajstić information content (AvgIpc) is 3.15. The second-order valence-electron chi connectivity index (χ2n) is 7.84. The van der Waals surface area contributed by atoms with Gasteiger partial charge in [-0.25, -0.2) is 0 Å². The lowest BCUT2D eigenvalue weighted by Crippen LogP contribution is -2.63. The molecule has 1 N–H and O–H groups in total. The maximum Gasteiger partial charge on any atom is 0.201 e. The van der Waals surface area contributed by atoms with Crippen molar-refractivity contribution in [2.45, 2.75) is 36.3 Å². The van der Waals surface area contributed by atoms with E-state index in [0.717, 1.165) is 0 Å². The van der Waals surface area contributed by atoms with Gasteiger partial charge in [-0.05, 0) is 26.4 Å². The molecule has 4 rings (SSSR count). The van der Waals surface area contributed by atoms with Crippen LogP contribution in [-0.4, -0.2) is 73.5 Å². The van der Waals surface area contributed by atoms with Gasteiger partial charge in [-0.3, -0.25) is 14.5 Å². The van der Waals surface area contributed by atoms with Crippen LogP contribution in [0.4, 0.5) is 0 Å². The van der Waals surface area contributed by atoms with E-state index >= 15 is 0 Å². The van der Waals surface area contributed by atoms with E-state index in [1.165, 1.54) is 27.4 Å². The van der Waals surface area contributed by atoms with Gasteiger partial charge in [-0.2, -0.15) is 0 Å².